The minimum Gasteiger partial charge on any atom is -0.353 e. The SMILES string of the molecule is CC1CCCCC1NC(=O)CCc1ccc(C#N)cc1. The molecule has 2 atom stereocenters. The number of nitrogens with zero attached hydrogens (tertiary/aromatic N) is 1. The van der Waals surface area contributed by atoms with E-state index in [-0.39, 0.29) is 5.91 Å². The number of aryl methyl sites for hydroxylation is 1. The molecule has 0 spiro atoms. The molecule has 3 heteroatoms. The van der Waals surface area contributed by atoms with E-state index in [0.29, 0.717) is 23.9 Å². The summed E-state index contributed by atoms with van der Waals surface area (Å²) < 4.78 is 0. The highest BCUT2D eigenvalue weighted by Gasteiger charge is 2.22. The van der Waals surface area contributed by atoms with Crippen molar-refractivity contribution < 1.29 is 4.79 Å². The van der Waals surface area contributed by atoms with E-state index < -0.39 is 0 Å². The van der Waals surface area contributed by atoms with Gasteiger partial charge in [-0.25, -0.2) is 0 Å². The third-order valence-electron chi connectivity index (χ3n) is 4.18. The summed E-state index contributed by atoms with van der Waals surface area (Å²) in [7, 11) is 0. The first kappa shape index (κ1) is 14.6. The maximum absolute atomic E-state index is 12.0. The monoisotopic (exact) mass is 270 g/mol. The van der Waals surface area contributed by atoms with Crippen LogP contribution < -0.4 is 5.32 Å². The van der Waals surface area contributed by atoms with Crippen LogP contribution in [0.5, 0.6) is 0 Å². The van der Waals surface area contributed by atoms with Crippen molar-refractivity contribution in [2.24, 2.45) is 5.92 Å². The zero-order valence-corrected chi connectivity index (χ0v) is 12.1. The minimum atomic E-state index is 0.146. The molecule has 0 aromatic heterocycles. The van der Waals surface area contributed by atoms with Gasteiger partial charge in [0.05, 0.1) is 11.6 Å². The molecule has 106 valence electrons. The fourth-order valence-corrected chi connectivity index (χ4v) is 2.81. The van der Waals surface area contributed by atoms with Crippen molar-refractivity contribution in [1.29, 1.82) is 5.26 Å². The van der Waals surface area contributed by atoms with E-state index in [0.717, 1.165) is 18.4 Å². The van der Waals surface area contributed by atoms with Gasteiger partial charge in [0.1, 0.15) is 0 Å². The summed E-state index contributed by atoms with van der Waals surface area (Å²) in [6, 6.07) is 9.91. The molecule has 1 aliphatic carbocycles. The van der Waals surface area contributed by atoms with Crippen molar-refractivity contribution in [2.45, 2.75) is 51.5 Å². The number of carbonyl (C=O) groups is 1. The van der Waals surface area contributed by atoms with Crippen LogP contribution in [0.15, 0.2) is 24.3 Å². The molecule has 0 heterocycles. The third kappa shape index (κ3) is 4.09. The number of nitriles is 1. The summed E-state index contributed by atoms with van der Waals surface area (Å²) >= 11 is 0. The van der Waals surface area contributed by atoms with E-state index >= 15 is 0 Å². The van der Waals surface area contributed by atoms with Crippen molar-refractivity contribution in [3.05, 3.63) is 35.4 Å². The van der Waals surface area contributed by atoms with E-state index in [4.69, 9.17) is 5.26 Å². The first-order valence-electron chi connectivity index (χ1n) is 7.47. The van der Waals surface area contributed by atoms with E-state index in [2.05, 4.69) is 18.3 Å². The van der Waals surface area contributed by atoms with Gasteiger partial charge in [-0.3, -0.25) is 4.79 Å². The zero-order chi connectivity index (χ0) is 14.4. The first-order chi connectivity index (χ1) is 9.69. The van der Waals surface area contributed by atoms with Gasteiger partial charge in [-0.1, -0.05) is 31.9 Å². The summed E-state index contributed by atoms with van der Waals surface area (Å²) in [6.45, 7) is 2.23. The molecule has 0 saturated heterocycles. The Labute approximate surface area is 121 Å². The molecule has 0 aliphatic heterocycles. The highest BCUT2D eigenvalue weighted by atomic mass is 16.1. The molecule has 1 aliphatic rings. The van der Waals surface area contributed by atoms with E-state index in [1.165, 1.54) is 19.3 Å². The Hall–Kier alpha value is -1.82. The first-order valence-corrected chi connectivity index (χ1v) is 7.47. The molecule has 20 heavy (non-hydrogen) atoms. The normalized spacial score (nSPS) is 22.0. The number of benzene rings is 1. The van der Waals surface area contributed by atoms with Crippen molar-refractivity contribution >= 4 is 5.91 Å². The molecule has 1 saturated carbocycles. The lowest BCUT2D eigenvalue weighted by molar-refractivity contribution is -0.122. The van der Waals surface area contributed by atoms with Gasteiger partial charge in [-0.15, -0.1) is 0 Å². The fourth-order valence-electron chi connectivity index (χ4n) is 2.81. The summed E-state index contributed by atoms with van der Waals surface area (Å²) in [5.74, 6) is 0.746. The Bertz CT molecular complexity index is 487. The van der Waals surface area contributed by atoms with Gasteiger partial charge in [0, 0.05) is 12.5 Å². The average Bonchev–Trinajstić information content (AvgIpc) is 2.48. The van der Waals surface area contributed by atoms with Crippen LogP contribution in [0, 0.1) is 17.2 Å². The Morgan fingerprint density at radius 3 is 2.65 bits per heavy atom. The molecular weight excluding hydrogens is 248 g/mol. The fraction of sp³-hybridized carbons (Fsp3) is 0.529. The van der Waals surface area contributed by atoms with Crippen LogP contribution >= 0.6 is 0 Å². The van der Waals surface area contributed by atoms with Gasteiger partial charge in [-0.05, 0) is 42.9 Å². The second-order valence-corrected chi connectivity index (χ2v) is 5.74. The van der Waals surface area contributed by atoms with Crippen LogP contribution in [0.1, 0.15) is 50.2 Å². The Balaban J connectivity index is 1.78. The molecule has 3 nitrogen and oxygen atoms in total. The number of hydrogen-bond acceptors (Lipinski definition) is 2. The molecule has 2 unspecified atom stereocenters. The average molecular weight is 270 g/mol. The molecule has 1 fully saturated rings. The molecule has 1 aromatic rings. The standard InChI is InChI=1S/C17H22N2O/c1-13-4-2-3-5-16(13)19-17(20)11-10-14-6-8-15(12-18)9-7-14/h6-9,13,16H,2-5,10-11H2,1H3,(H,19,20). The minimum absolute atomic E-state index is 0.146. The van der Waals surface area contributed by atoms with Gasteiger partial charge in [0.15, 0.2) is 0 Å². The second-order valence-electron chi connectivity index (χ2n) is 5.74. The lowest BCUT2D eigenvalue weighted by Crippen LogP contribution is -2.41. The predicted molar refractivity (Wildman–Crippen MR) is 79.0 cm³/mol. The van der Waals surface area contributed by atoms with Crippen molar-refractivity contribution in [3.8, 4) is 6.07 Å². The summed E-state index contributed by atoms with van der Waals surface area (Å²) in [4.78, 5) is 12.0. The van der Waals surface area contributed by atoms with Gasteiger partial charge in [0.25, 0.3) is 0 Å². The van der Waals surface area contributed by atoms with Crippen LogP contribution in [-0.4, -0.2) is 11.9 Å². The van der Waals surface area contributed by atoms with Crippen molar-refractivity contribution in [2.75, 3.05) is 0 Å². The molecule has 2 rings (SSSR count). The number of hydrogen-bond donors (Lipinski definition) is 1. The number of amides is 1. The highest BCUT2D eigenvalue weighted by Crippen LogP contribution is 2.23. The van der Waals surface area contributed by atoms with Crippen LogP contribution in [0.3, 0.4) is 0 Å². The number of rotatable bonds is 4. The molecule has 1 aromatic carbocycles. The second kappa shape index (κ2) is 7.09. The third-order valence-corrected chi connectivity index (χ3v) is 4.18. The lowest BCUT2D eigenvalue weighted by atomic mass is 9.86. The summed E-state index contributed by atoms with van der Waals surface area (Å²) in [6.07, 6.45) is 6.11. The molecule has 0 bridgehead atoms. The van der Waals surface area contributed by atoms with Crippen LogP contribution in [0.2, 0.25) is 0 Å². The van der Waals surface area contributed by atoms with Crippen molar-refractivity contribution in [3.63, 3.8) is 0 Å². The Morgan fingerprint density at radius 1 is 1.30 bits per heavy atom. The quantitative estimate of drug-likeness (QED) is 0.913. The van der Waals surface area contributed by atoms with Gasteiger partial charge >= 0.3 is 0 Å². The maximum Gasteiger partial charge on any atom is 0.220 e. The molecule has 0 radical (unpaired) electrons. The molecular formula is C17H22N2O. The smallest absolute Gasteiger partial charge is 0.220 e. The predicted octanol–water partition coefficient (Wildman–Crippen LogP) is 3.19. The lowest BCUT2D eigenvalue weighted by Gasteiger charge is -2.29. The van der Waals surface area contributed by atoms with E-state index in [1.807, 2.05) is 12.1 Å². The molecule has 1 N–H and O–H groups in total. The number of nitrogens with one attached hydrogen (secondary N) is 1. The summed E-state index contributed by atoms with van der Waals surface area (Å²) in [5, 5.41) is 11.9. The van der Waals surface area contributed by atoms with Crippen LogP contribution in [0.4, 0.5) is 0 Å². The van der Waals surface area contributed by atoms with Gasteiger partial charge in [-0.2, -0.15) is 5.26 Å². The Morgan fingerprint density at radius 2 is 2.00 bits per heavy atom. The van der Waals surface area contributed by atoms with Gasteiger partial charge < -0.3 is 5.32 Å². The maximum atomic E-state index is 12.0. The number of carbonyl (C=O) groups excluding carboxylic acids is 1. The van der Waals surface area contributed by atoms with Gasteiger partial charge in [0.2, 0.25) is 5.91 Å². The van der Waals surface area contributed by atoms with E-state index in [1.54, 1.807) is 12.1 Å². The van der Waals surface area contributed by atoms with Crippen LogP contribution in [0.25, 0.3) is 0 Å². The van der Waals surface area contributed by atoms with E-state index in [9.17, 15) is 4.79 Å². The van der Waals surface area contributed by atoms with Crippen molar-refractivity contribution in [1.82, 2.24) is 5.32 Å². The van der Waals surface area contributed by atoms with Crippen LogP contribution in [-0.2, 0) is 11.2 Å². The zero-order valence-electron chi connectivity index (χ0n) is 12.1. The topological polar surface area (TPSA) is 52.9 Å². The molecule has 1 amide bonds. The Kier molecular flexibility index (Phi) is 5.17. The summed E-state index contributed by atoms with van der Waals surface area (Å²) in [5.41, 5.74) is 1.77. The largest absolute Gasteiger partial charge is 0.353 e. The highest BCUT2D eigenvalue weighted by molar-refractivity contribution is 5.76.